The smallest absolute Gasteiger partial charge is 0.330 e. The Morgan fingerprint density at radius 2 is 2.45 bits per heavy atom. The summed E-state index contributed by atoms with van der Waals surface area (Å²) >= 11 is 3.38. The molecule has 0 aliphatic carbocycles. The van der Waals surface area contributed by atoms with Crippen LogP contribution in [0, 0.1) is 11.3 Å². The lowest BCUT2D eigenvalue weighted by Crippen LogP contribution is -2.55. The van der Waals surface area contributed by atoms with Crippen LogP contribution in [0.15, 0.2) is 22.7 Å². The summed E-state index contributed by atoms with van der Waals surface area (Å²) in [5.74, 6) is -0.222. The Morgan fingerprint density at radius 3 is 3.10 bits per heavy atom. The van der Waals surface area contributed by atoms with Crippen LogP contribution in [0.4, 0.5) is 5.69 Å². The van der Waals surface area contributed by atoms with Crippen molar-refractivity contribution in [2.24, 2.45) is 0 Å². The molecule has 0 spiro atoms. The largest absolute Gasteiger partial charge is 0.464 e. The van der Waals surface area contributed by atoms with Gasteiger partial charge in [-0.2, -0.15) is 5.26 Å². The zero-order valence-corrected chi connectivity index (χ0v) is 12.8. The molecule has 1 saturated heterocycles. The number of hydrogen-bond donors (Lipinski definition) is 1. The Hall–Kier alpha value is -1.58. The molecule has 1 aromatic carbocycles. The number of benzene rings is 1. The lowest BCUT2D eigenvalue weighted by molar-refractivity contribution is -0.144. The summed E-state index contributed by atoms with van der Waals surface area (Å²) in [5, 5.41) is 12.2. The first-order valence-electron chi connectivity index (χ1n) is 6.51. The number of ether oxygens (including phenoxy) is 1. The fraction of sp³-hybridized carbons (Fsp3) is 0.429. The van der Waals surface area contributed by atoms with Crippen molar-refractivity contribution >= 4 is 27.6 Å². The van der Waals surface area contributed by atoms with E-state index in [0.29, 0.717) is 18.7 Å². The number of hydrogen-bond acceptors (Lipinski definition) is 5. The molecule has 106 valence electrons. The Labute approximate surface area is 126 Å². The average Bonchev–Trinajstić information content (AvgIpc) is 2.47. The van der Waals surface area contributed by atoms with E-state index in [9.17, 15) is 4.79 Å². The van der Waals surface area contributed by atoms with Gasteiger partial charge in [0.25, 0.3) is 0 Å². The number of nitrogens with one attached hydrogen (secondary N) is 1. The Bertz CT molecular complexity index is 542. The van der Waals surface area contributed by atoms with Crippen LogP contribution >= 0.6 is 15.9 Å². The molecular weight excluding hydrogens is 322 g/mol. The topological polar surface area (TPSA) is 65.4 Å². The number of nitrogens with zero attached hydrogens (tertiary/aromatic N) is 2. The van der Waals surface area contributed by atoms with Gasteiger partial charge in [0.1, 0.15) is 12.1 Å². The Kier molecular flexibility index (Phi) is 4.99. The predicted molar refractivity (Wildman–Crippen MR) is 79.5 cm³/mol. The van der Waals surface area contributed by atoms with E-state index in [4.69, 9.17) is 10.00 Å². The Balaban J connectivity index is 2.26. The van der Waals surface area contributed by atoms with Gasteiger partial charge in [0.2, 0.25) is 0 Å². The van der Waals surface area contributed by atoms with E-state index >= 15 is 0 Å². The van der Waals surface area contributed by atoms with E-state index in [1.54, 1.807) is 13.0 Å². The number of carbonyl (C=O) groups is 1. The van der Waals surface area contributed by atoms with Gasteiger partial charge in [0, 0.05) is 29.8 Å². The number of piperazine rings is 1. The van der Waals surface area contributed by atoms with Gasteiger partial charge in [-0.15, -0.1) is 0 Å². The van der Waals surface area contributed by atoms with Gasteiger partial charge in [-0.3, -0.25) is 0 Å². The highest BCUT2D eigenvalue weighted by Gasteiger charge is 2.30. The quantitative estimate of drug-likeness (QED) is 0.850. The standard InChI is InChI=1S/C14H16BrN3O2/c1-2-20-14(19)13-9-17-5-6-18(13)11-4-3-10(8-16)12(15)7-11/h3-4,7,13,17H,2,5-6,9H2,1H3. The third kappa shape index (κ3) is 3.11. The fourth-order valence-corrected chi connectivity index (χ4v) is 2.69. The normalized spacial score (nSPS) is 18.4. The minimum atomic E-state index is -0.330. The molecule has 1 aliphatic heterocycles. The van der Waals surface area contributed by atoms with Gasteiger partial charge in [-0.1, -0.05) is 0 Å². The second kappa shape index (κ2) is 6.73. The molecule has 1 unspecified atom stereocenters. The second-order valence-corrected chi connectivity index (χ2v) is 5.30. The van der Waals surface area contributed by atoms with Crippen molar-refractivity contribution in [3.05, 3.63) is 28.2 Å². The number of carbonyl (C=O) groups excluding carboxylic acids is 1. The minimum absolute atomic E-state index is 0.222. The van der Waals surface area contributed by atoms with Gasteiger partial charge in [-0.05, 0) is 41.1 Å². The molecule has 1 heterocycles. The first kappa shape index (κ1) is 14.8. The highest BCUT2D eigenvalue weighted by molar-refractivity contribution is 9.10. The summed E-state index contributed by atoms with van der Waals surface area (Å²) in [6.07, 6.45) is 0. The van der Waals surface area contributed by atoms with E-state index in [2.05, 4.69) is 27.3 Å². The fourth-order valence-electron chi connectivity index (χ4n) is 2.24. The predicted octanol–water partition coefficient (Wildman–Crippen LogP) is 1.66. The molecule has 1 fully saturated rings. The molecule has 1 N–H and O–H groups in total. The summed E-state index contributed by atoms with van der Waals surface area (Å²) in [4.78, 5) is 14.0. The SMILES string of the molecule is CCOC(=O)C1CNCCN1c1ccc(C#N)c(Br)c1. The molecular formula is C14H16BrN3O2. The van der Waals surface area contributed by atoms with Crippen LogP contribution in [-0.4, -0.2) is 38.3 Å². The highest BCUT2D eigenvalue weighted by atomic mass is 79.9. The third-order valence-corrected chi connectivity index (χ3v) is 3.86. The summed E-state index contributed by atoms with van der Waals surface area (Å²) in [7, 11) is 0. The number of anilines is 1. The number of rotatable bonds is 3. The van der Waals surface area contributed by atoms with Gasteiger partial charge in [0.05, 0.1) is 12.2 Å². The molecule has 0 amide bonds. The van der Waals surface area contributed by atoms with Crippen molar-refractivity contribution in [1.82, 2.24) is 5.32 Å². The third-order valence-electron chi connectivity index (χ3n) is 3.21. The van der Waals surface area contributed by atoms with E-state index in [-0.39, 0.29) is 12.0 Å². The molecule has 5 nitrogen and oxygen atoms in total. The van der Waals surface area contributed by atoms with Crippen molar-refractivity contribution in [2.45, 2.75) is 13.0 Å². The number of halogens is 1. The first-order chi connectivity index (χ1) is 9.67. The second-order valence-electron chi connectivity index (χ2n) is 4.44. The molecule has 2 rings (SSSR count). The average molecular weight is 338 g/mol. The van der Waals surface area contributed by atoms with Crippen LogP contribution in [0.2, 0.25) is 0 Å². The van der Waals surface area contributed by atoms with Crippen molar-refractivity contribution < 1.29 is 9.53 Å². The van der Waals surface area contributed by atoms with E-state index < -0.39 is 0 Å². The maximum absolute atomic E-state index is 12.0. The highest BCUT2D eigenvalue weighted by Crippen LogP contribution is 2.26. The molecule has 0 aromatic heterocycles. The van der Waals surface area contributed by atoms with Crippen LogP contribution in [-0.2, 0) is 9.53 Å². The number of esters is 1. The maximum Gasteiger partial charge on any atom is 0.330 e. The van der Waals surface area contributed by atoms with Gasteiger partial charge < -0.3 is 15.0 Å². The van der Waals surface area contributed by atoms with Crippen LogP contribution in [0.3, 0.4) is 0 Å². The van der Waals surface area contributed by atoms with E-state index in [1.165, 1.54) is 0 Å². The molecule has 1 atom stereocenters. The lowest BCUT2D eigenvalue weighted by Gasteiger charge is -2.36. The molecule has 6 heteroatoms. The Morgan fingerprint density at radius 1 is 1.65 bits per heavy atom. The lowest BCUT2D eigenvalue weighted by atomic mass is 10.1. The zero-order valence-electron chi connectivity index (χ0n) is 11.2. The molecule has 1 aromatic rings. The zero-order chi connectivity index (χ0) is 14.5. The summed E-state index contributed by atoms with van der Waals surface area (Å²) < 4.78 is 5.86. The maximum atomic E-state index is 12.0. The first-order valence-corrected chi connectivity index (χ1v) is 7.30. The number of nitriles is 1. The summed E-state index contributed by atoms with van der Waals surface area (Å²) in [5.41, 5.74) is 1.49. The van der Waals surface area contributed by atoms with Crippen LogP contribution in [0.5, 0.6) is 0 Å². The molecule has 0 bridgehead atoms. The van der Waals surface area contributed by atoms with E-state index in [0.717, 1.165) is 23.2 Å². The van der Waals surface area contributed by atoms with E-state index in [1.807, 2.05) is 17.0 Å². The van der Waals surface area contributed by atoms with Crippen molar-refractivity contribution in [1.29, 1.82) is 5.26 Å². The van der Waals surface area contributed by atoms with Crippen molar-refractivity contribution in [3.63, 3.8) is 0 Å². The molecule has 1 aliphatic rings. The van der Waals surface area contributed by atoms with Gasteiger partial charge in [-0.25, -0.2) is 4.79 Å². The molecule has 20 heavy (non-hydrogen) atoms. The van der Waals surface area contributed by atoms with Crippen LogP contribution in [0.1, 0.15) is 12.5 Å². The minimum Gasteiger partial charge on any atom is -0.464 e. The van der Waals surface area contributed by atoms with Gasteiger partial charge in [0.15, 0.2) is 0 Å². The van der Waals surface area contributed by atoms with Crippen LogP contribution in [0.25, 0.3) is 0 Å². The van der Waals surface area contributed by atoms with Crippen molar-refractivity contribution in [3.8, 4) is 6.07 Å². The molecule has 0 saturated carbocycles. The van der Waals surface area contributed by atoms with Crippen LogP contribution < -0.4 is 10.2 Å². The van der Waals surface area contributed by atoms with Gasteiger partial charge >= 0.3 is 5.97 Å². The van der Waals surface area contributed by atoms with Crippen molar-refractivity contribution in [2.75, 3.05) is 31.1 Å². The molecule has 0 radical (unpaired) electrons. The summed E-state index contributed by atoms with van der Waals surface area (Å²) in [6.45, 7) is 4.28. The summed E-state index contributed by atoms with van der Waals surface area (Å²) in [6, 6.07) is 7.27. The monoisotopic (exact) mass is 337 g/mol.